The van der Waals surface area contributed by atoms with Crippen LogP contribution in [0.1, 0.15) is 111 Å². The second kappa shape index (κ2) is 13.3. The molecule has 0 atom stereocenters. The number of aromatic nitrogens is 2. The fourth-order valence-electron chi connectivity index (χ4n) is 8.31. The van der Waals surface area contributed by atoms with E-state index in [1.54, 1.807) is 0 Å². The number of pyridine rings is 2. The molecular weight excluding hydrogens is 651 g/mol. The van der Waals surface area contributed by atoms with Crippen molar-refractivity contribution in [2.75, 3.05) is 31.5 Å². The smallest absolute Gasteiger partial charge is 0.274 e. The van der Waals surface area contributed by atoms with Crippen LogP contribution in [-0.4, -0.2) is 79.1 Å². The maximum atomic E-state index is 13.7. The molecule has 52 heavy (non-hydrogen) atoms. The lowest BCUT2D eigenvalue weighted by atomic mass is 9.90. The van der Waals surface area contributed by atoms with Crippen LogP contribution in [-0.2, 0) is 19.5 Å². The average Bonchev–Trinajstić information content (AvgIpc) is 4.00. The maximum absolute atomic E-state index is 13.7. The normalized spacial score (nSPS) is 19.5. The molecule has 270 valence electrons. The summed E-state index contributed by atoms with van der Waals surface area (Å²) in [7, 11) is 0. The summed E-state index contributed by atoms with van der Waals surface area (Å²) >= 11 is 0. The number of aliphatic hydroxyl groups is 2. The summed E-state index contributed by atoms with van der Waals surface area (Å²) in [5.74, 6) is 0.706. The SMILES string of the molecule is Cc1c(CC(=O)c2cc(C3CC3)c(CN3CC(C)(O)C3)cn2)cccc1-c1cccc(NC(=O)c2cc(C3CC3)c(CN3CC(C)(O)C3)cn2)c1C. The minimum atomic E-state index is -0.625. The number of benzene rings is 2. The number of anilines is 1. The third kappa shape index (κ3) is 7.33. The van der Waals surface area contributed by atoms with Gasteiger partial charge in [0.1, 0.15) is 11.4 Å². The van der Waals surface area contributed by atoms with Crippen LogP contribution in [0.3, 0.4) is 0 Å². The molecule has 2 aliphatic heterocycles. The van der Waals surface area contributed by atoms with Gasteiger partial charge >= 0.3 is 0 Å². The van der Waals surface area contributed by atoms with Gasteiger partial charge in [0.05, 0.1) is 11.2 Å². The molecule has 4 fully saturated rings. The van der Waals surface area contributed by atoms with Crippen molar-refractivity contribution in [1.29, 1.82) is 0 Å². The molecule has 1 amide bonds. The highest BCUT2D eigenvalue weighted by atomic mass is 16.3. The van der Waals surface area contributed by atoms with Gasteiger partial charge in [-0.25, -0.2) is 0 Å². The quantitative estimate of drug-likeness (QED) is 0.147. The second-order valence-corrected chi connectivity index (χ2v) is 16.5. The Hall–Kier alpha value is -4.28. The lowest BCUT2D eigenvalue weighted by Gasteiger charge is -2.44. The van der Waals surface area contributed by atoms with Crippen molar-refractivity contribution in [3.63, 3.8) is 0 Å². The summed E-state index contributed by atoms with van der Waals surface area (Å²) in [4.78, 5) is 40.9. The Kier molecular flexibility index (Phi) is 8.89. The predicted octanol–water partition coefficient (Wildman–Crippen LogP) is 6.33. The number of hydrogen-bond acceptors (Lipinski definition) is 8. The van der Waals surface area contributed by atoms with E-state index in [0.29, 0.717) is 49.4 Å². The van der Waals surface area contributed by atoms with Gasteiger partial charge in [0.25, 0.3) is 5.91 Å². The first-order chi connectivity index (χ1) is 24.8. The first kappa shape index (κ1) is 34.8. The highest BCUT2D eigenvalue weighted by Crippen LogP contribution is 2.44. The third-order valence-corrected chi connectivity index (χ3v) is 11.3. The van der Waals surface area contributed by atoms with Crippen molar-refractivity contribution in [3.05, 3.63) is 111 Å². The Bertz CT molecular complexity index is 1900. The van der Waals surface area contributed by atoms with Gasteiger partial charge < -0.3 is 15.5 Å². The van der Waals surface area contributed by atoms with Gasteiger partial charge in [0.2, 0.25) is 0 Å². The molecule has 0 spiro atoms. The molecule has 8 rings (SSSR count). The Morgan fingerprint density at radius 1 is 0.731 bits per heavy atom. The summed E-state index contributed by atoms with van der Waals surface area (Å²) in [6.07, 6.45) is 8.48. The van der Waals surface area contributed by atoms with Crippen molar-refractivity contribution in [1.82, 2.24) is 19.8 Å². The lowest BCUT2D eigenvalue weighted by molar-refractivity contribution is -0.0876. The zero-order valence-electron chi connectivity index (χ0n) is 30.7. The largest absolute Gasteiger partial charge is 0.388 e. The molecule has 0 unspecified atom stereocenters. The molecular formula is C43H49N5O4. The van der Waals surface area contributed by atoms with E-state index in [9.17, 15) is 19.8 Å². The number of carbonyl (C=O) groups is 2. The molecule has 9 nitrogen and oxygen atoms in total. The number of rotatable bonds is 12. The summed E-state index contributed by atoms with van der Waals surface area (Å²) in [5.41, 5.74) is 10.1. The van der Waals surface area contributed by atoms with E-state index in [1.807, 2.05) is 69.6 Å². The van der Waals surface area contributed by atoms with Crippen LogP contribution in [0, 0.1) is 13.8 Å². The van der Waals surface area contributed by atoms with E-state index >= 15 is 0 Å². The van der Waals surface area contributed by atoms with Gasteiger partial charge in [0.15, 0.2) is 5.78 Å². The molecule has 2 aromatic carbocycles. The Balaban J connectivity index is 0.974. The standard InChI is InChI=1S/C43H49N5O4/c1-26-30(15-40(49)38-16-35(28-11-12-28)31(18-44-38)20-47-22-42(3,51)23-47)7-5-8-33(26)34-9-6-10-37(27(34)2)46-41(50)39-17-36(29-13-14-29)32(19-45-39)21-48-24-43(4,52)25-48/h5-10,16-19,28-29,51-52H,11-15,20-25H2,1-4H3,(H,46,50). The number of amides is 1. The number of hydrogen-bond donors (Lipinski definition) is 3. The van der Waals surface area contributed by atoms with Gasteiger partial charge in [-0.15, -0.1) is 0 Å². The molecule has 4 heterocycles. The van der Waals surface area contributed by atoms with E-state index in [0.717, 1.165) is 83.4 Å². The molecule has 9 heteroatoms. The van der Waals surface area contributed by atoms with Crippen molar-refractivity contribution in [3.8, 4) is 11.1 Å². The van der Waals surface area contributed by atoms with Crippen molar-refractivity contribution >= 4 is 17.4 Å². The summed E-state index contributed by atoms with van der Waals surface area (Å²) in [6, 6.07) is 16.0. The monoisotopic (exact) mass is 699 g/mol. The average molecular weight is 700 g/mol. The predicted molar refractivity (Wildman–Crippen MR) is 202 cm³/mol. The minimum Gasteiger partial charge on any atom is -0.388 e. The lowest BCUT2D eigenvalue weighted by Crippen LogP contribution is -2.59. The van der Waals surface area contributed by atoms with Gasteiger partial charge in [-0.1, -0.05) is 30.3 Å². The van der Waals surface area contributed by atoms with Crippen molar-refractivity contribution in [2.45, 2.75) is 95.9 Å². The third-order valence-electron chi connectivity index (χ3n) is 11.3. The first-order valence-corrected chi connectivity index (χ1v) is 18.7. The van der Waals surface area contributed by atoms with Crippen LogP contribution in [0.15, 0.2) is 60.9 Å². The van der Waals surface area contributed by atoms with E-state index in [4.69, 9.17) is 0 Å². The number of likely N-dealkylation sites (tertiary alicyclic amines) is 2. The maximum Gasteiger partial charge on any atom is 0.274 e. The molecule has 2 saturated heterocycles. The fourth-order valence-corrected chi connectivity index (χ4v) is 8.31. The molecule has 4 aromatic rings. The Morgan fingerprint density at radius 3 is 1.77 bits per heavy atom. The van der Waals surface area contributed by atoms with E-state index in [2.05, 4.69) is 44.1 Å². The van der Waals surface area contributed by atoms with Crippen LogP contribution in [0.5, 0.6) is 0 Å². The molecule has 0 radical (unpaired) electrons. The van der Waals surface area contributed by atoms with Gasteiger partial charge in [-0.2, -0.15) is 0 Å². The van der Waals surface area contributed by atoms with Crippen molar-refractivity contribution < 1.29 is 19.8 Å². The number of β-amino-alcohol motifs (C(OH)–C–C–N with tert-alkyl or cyclic N) is 2. The van der Waals surface area contributed by atoms with Crippen LogP contribution in [0.4, 0.5) is 5.69 Å². The summed E-state index contributed by atoms with van der Waals surface area (Å²) in [6.45, 7) is 11.9. The number of nitrogens with one attached hydrogen (secondary N) is 1. The van der Waals surface area contributed by atoms with Crippen LogP contribution in [0.25, 0.3) is 11.1 Å². The first-order valence-electron chi connectivity index (χ1n) is 18.7. The van der Waals surface area contributed by atoms with Gasteiger partial charge in [-0.3, -0.25) is 29.4 Å². The molecule has 2 aliphatic carbocycles. The molecule has 4 aliphatic rings. The summed E-state index contributed by atoms with van der Waals surface area (Å²) in [5, 5.41) is 23.5. The second-order valence-electron chi connectivity index (χ2n) is 16.5. The molecule has 2 aromatic heterocycles. The molecule has 2 saturated carbocycles. The number of nitrogens with zero attached hydrogens (tertiary/aromatic N) is 4. The Morgan fingerprint density at radius 2 is 1.23 bits per heavy atom. The van der Waals surface area contributed by atoms with Crippen molar-refractivity contribution in [2.24, 2.45) is 0 Å². The van der Waals surface area contributed by atoms with Gasteiger partial charge in [-0.05, 0) is 133 Å². The van der Waals surface area contributed by atoms with Gasteiger partial charge in [0, 0.05) is 63.8 Å². The highest BCUT2D eigenvalue weighted by Gasteiger charge is 2.38. The Labute approximate surface area is 306 Å². The van der Waals surface area contributed by atoms with Crippen LogP contribution < -0.4 is 5.32 Å². The zero-order chi connectivity index (χ0) is 36.4. The fraction of sp³-hybridized carbons (Fsp3) is 0.442. The number of carbonyl (C=O) groups excluding carboxylic acids is 2. The highest BCUT2D eigenvalue weighted by molar-refractivity contribution is 6.04. The zero-order valence-corrected chi connectivity index (χ0v) is 30.7. The number of ketones is 1. The minimum absolute atomic E-state index is 0.000786. The van der Waals surface area contributed by atoms with E-state index in [-0.39, 0.29) is 18.1 Å². The van der Waals surface area contributed by atoms with Crippen LogP contribution >= 0.6 is 0 Å². The van der Waals surface area contributed by atoms with E-state index < -0.39 is 11.2 Å². The molecule has 3 N–H and O–H groups in total. The molecule has 0 bridgehead atoms. The topological polar surface area (TPSA) is 119 Å². The van der Waals surface area contributed by atoms with E-state index in [1.165, 1.54) is 11.1 Å². The number of Topliss-reactive ketones (excluding diaryl/α,β-unsaturated/α-hetero) is 1. The summed E-state index contributed by atoms with van der Waals surface area (Å²) < 4.78 is 0. The van der Waals surface area contributed by atoms with Crippen LogP contribution in [0.2, 0.25) is 0 Å².